The molecule has 96 valence electrons. The average Bonchev–Trinajstić information content (AvgIpc) is 2.42. The van der Waals surface area contributed by atoms with Gasteiger partial charge in [0.2, 0.25) is 0 Å². The van der Waals surface area contributed by atoms with Gasteiger partial charge in [0.15, 0.2) is 0 Å². The fraction of sp³-hybridized carbons (Fsp3) is 0.0714. The van der Waals surface area contributed by atoms with E-state index in [0.29, 0.717) is 21.1 Å². The molecule has 0 bridgehead atoms. The number of nitrogens with zero attached hydrogens (tertiary/aromatic N) is 1. The summed E-state index contributed by atoms with van der Waals surface area (Å²) in [4.78, 5) is 0. The van der Waals surface area contributed by atoms with Crippen molar-refractivity contribution in [2.24, 2.45) is 0 Å². The van der Waals surface area contributed by atoms with E-state index < -0.39 is 0 Å². The van der Waals surface area contributed by atoms with Gasteiger partial charge in [-0.25, -0.2) is 0 Å². The molecule has 0 saturated heterocycles. The number of nitrogens with one attached hydrogen (secondary N) is 1. The Morgan fingerprint density at radius 1 is 1.16 bits per heavy atom. The van der Waals surface area contributed by atoms with Gasteiger partial charge in [0.25, 0.3) is 0 Å². The van der Waals surface area contributed by atoms with Crippen LogP contribution in [-0.2, 0) is 6.54 Å². The van der Waals surface area contributed by atoms with Gasteiger partial charge in [0, 0.05) is 6.54 Å². The normalized spacial score (nSPS) is 9.95. The van der Waals surface area contributed by atoms with Crippen LogP contribution in [0.15, 0.2) is 45.3 Å². The molecule has 2 N–H and O–H groups in total. The van der Waals surface area contributed by atoms with Gasteiger partial charge in [-0.15, -0.1) is 0 Å². The molecule has 0 spiro atoms. The molecule has 0 unspecified atom stereocenters. The zero-order chi connectivity index (χ0) is 13.8. The summed E-state index contributed by atoms with van der Waals surface area (Å²) in [6.07, 6.45) is 0. The number of hydrogen-bond donors (Lipinski definition) is 2. The Labute approximate surface area is 128 Å². The Hall–Kier alpha value is -1.51. The first kappa shape index (κ1) is 13.9. The van der Waals surface area contributed by atoms with E-state index in [1.165, 1.54) is 0 Å². The van der Waals surface area contributed by atoms with Crippen molar-refractivity contribution in [2.75, 3.05) is 5.32 Å². The van der Waals surface area contributed by atoms with E-state index in [2.05, 4.69) is 43.2 Å². The smallest absolute Gasteiger partial charge is 0.143 e. The second-order valence-corrected chi connectivity index (χ2v) is 5.63. The largest absolute Gasteiger partial charge is 0.506 e. The molecular weight excluding hydrogens is 372 g/mol. The number of benzene rings is 2. The van der Waals surface area contributed by atoms with E-state index in [1.807, 2.05) is 30.3 Å². The lowest BCUT2D eigenvalue weighted by atomic mass is 10.1. The van der Waals surface area contributed by atoms with E-state index in [-0.39, 0.29) is 5.75 Å². The summed E-state index contributed by atoms with van der Waals surface area (Å²) in [6.45, 7) is 0.566. The molecule has 0 aliphatic heterocycles. The average molecular weight is 382 g/mol. The third kappa shape index (κ3) is 3.28. The topological polar surface area (TPSA) is 56.0 Å². The molecule has 0 aliphatic carbocycles. The fourth-order valence-corrected chi connectivity index (χ4v) is 2.93. The second kappa shape index (κ2) is 6.09. The monoisotopic (exact) mass is 380 g/mol. The molecule has 0 fully saturated rings. The Kier molecular flexibility index (Phi) is 4.46. The third-order valence-electron chi connectivity index (χ3n) is 2.61. The summed E-state index contributed by atoms with van der Waals surface area (Å²) in [7, 11) is 0. The first-order valence-corrected chi connectivity index (χ1v) is 7.10. The highest BCUT2D eigenvalue weighted by molar-refractivity contribution is 9.11. The molecule has 2 aromatic carbocycles. The lowest BCUT2D eigenvalue weighted by molar-refractivity contribution is 0.468. The first-order valence-electron chi connectivity index (χ1n) is 5.51. The van der Waals surface area contributed by atoms with Gasteiger partial charge in [0.05, 0.1) is 20.2 Å². The molecule has 5 heteroatoms. The van der Waals surface area contributed by atoms with Crippen LogP contribution in [0.2, 0.25) is 0 Å². The van der Waals surface area contributed by atoms with Crippen LogP contribution >= 0.6 is 31.9 Å². The van der Waals surface area contributed by atoms with Crippen LogP contribution in [0.25, 0.3) is 0 Å². The van der Waals surface area contributed by atoms with Crippen LogP contribution < -0.4 is 5.32 Å². The van der Waals surface area contributed by atoms with E-state index in [4.69, 9.17) is 5.26 Å². The molecule has 0 aliphatic rings. The van der Waals surface area contributed by atoms with Crippen LogP contribution in [0.1, 0.15) is 11.1 Å². The van der Waals surface area contributed by atoms with Crippen molar-refractivity contribution in [1.29, 1.82) is 5.26 Å². The molecule has 3 nitrogen and oxygen atoms in total. The molecule has 0 amide bonds. The lowest BCUT2D eigenvalue weighted by Gasteiger charge is -2.10. The van der Waals surface area contributed by atoms with Crippen molar-refractivity contribution < 1.29 is 5.11 Å². The first-order chi connectivity index (χ1) is 9.11. The van der Waals surface area contributed by atoms with E-state index in [0.717, 1.165) is 11.3 Å². The SMILES string of the molecule is N#Cc1ccccc1NCc1cc(Br)c(O)c(Br)c1. The maximum absolute atomic E-state index is 9.64. The van der Waals surface area contributed by atoms with Crippen molar-refractivity contribution in [3.05, 3.63) is 56.5 Å². The van der Waals surface area contributed by atoms with E-state index in [1.54, 1.807) is 6.07 Å². The van der Waals surface area contributed by atoms with Gasteiger partial charge >= 0.3 is 0 Å². The summed E-state index contributed by atoms with van der Waals surface area (Å²) in [6, 6.07) is 13.2. The van der Waals surface area contributed by atoms with Crippen LogP contribution in [-0.4, -0.2) is 5.11 Å². The van der Waals surface area contributed by atoms with Crippen molar-refractivity contribution in [2.45, 2.75) is 6.54 Å². The maximum Gasteiger partial charge on any atom is 0.143 e. The molecule has 0 aromatic heterocycles. The molecule has 2 rings (SSSR count). The number of para-hydroxylation sites is 1. The highest BCUT2D eigenvalue weighted by Crippen LogP contribution is 2.33. The predicted molar refractivity (Wildman–Crippen MR) is 82.0 cm³/mol. The number of nitriles is 1. The Morgan fingerprint density at radius 3 is 2.42 bits per heavy atom. The summed E-state index contributed by atoms with van der Waals surface area (Å²) in [5, 5.41) is 21.9. The zero-order valence-electron chi connectivity index (χ0n) is 9.82. The number of halogens is 2. The van der Waals surface area contributed by atoms with Gasteiger partial charge in [0.1, 0.15) is 11.8 Å². The molecule has 19 heavy (non-hydrogen) atoms. The minimum atomic E-state index is 0.182. The van der Waals surface area contributed by atoms with E-state index in [9.17, 15) is 5.11 Å². The third-order valence-corrected chi connectivity index (χ3v) is 3.82. The van der Waals surface area contributed by atoms with Crippen molar-refractivity contribution in [1.82, 2.24) is 0 Å². The number of hydrogen-bond acceptors (Lipinski definition) is 3. The van der Waals surface area contributed by atoms with Crippen LogP contribution in [0.5, 0.6) is 5.75 Å². The van der Waals surface area contributed by atoms with Gasteiger partial charge in [-0.2, -0.15) is 5.26 Å². The number of phenolic OH excluding ortho intramolecular Hbond substituents is 1. The number of phenols is 1. The molecule has 0 heterocycles. The second-order valence-electron chi connectivity index (χ2n) is 3.92. The van der Waals surface area contributed by atoms with Gasteiger partial charge < -0.3 is 10.4 Å². The standard InChI is InChI=1S/C14H10Br2N2O/c15-11-5-9(6-12(16)14(11)19)8-18-13-4-2-1-3-10(13)7-17/h1-6,18-19H,8H2. The number of anilines is 1. The van der Waals surface area contributed by atoms with Crippen LogP contribution in [0.3, 0.4) is 0 Å². The van der Waals surface area contributed by atoms with Crippen molar-refractivity contribution >= 4 is 37.5 Å². The van der Waals surface area contributed by atoms with Gasteiger partial charge in [-0.3, -0.25) is 0 Å². The Balaban J connectivity index is 2.17. The lowest BCUT2D eigenvalue weighted by Crippen LogP contribution is -2.01. The summed E-state index contributed by atoms with van der Waals surface area (Å²) < 4.78 is 1.26. The maximum atomic E-state index is 9.64. The Morgan fingerprint density at radius 2 is 1.79 bits per heavy atom. The fourth-order valence-electron chi connectivity index (χ4n) is 1.65. The summed E-state index contributed by atoms with van der Waals surface area (Å²) in [5.41, 5.74) is 2.40. The number of rotatable bonds is 3. The molecule has 0 saturated carbocycles. The molecule has 0 atom stereocenters. The van der Waals surface area contributed by atoms with E-state index >= 15 is 0 Å². The molecule has 0 radical (unpaired) electrons. The van der Waals surface area contributed by atoms with Crippen LogP contribution in [0.4, 0.5) is 5.69 Å². The van der Waals surface area contributed by atoms with Crippen molar-refractivity contribution in [3.63, 3.8) is 0 Å². The van der Waals surface area contributed by atoms with Gasteiger partial charge in [-0.05, 0) is 61.7 Å². The van der Waals surface area contributed by atoms with Gasteiger partial charge in [-0.1, -0.05) is 12.1 Å². The highest BCUT2D eigenvalue weighted by Gasteiger charge is 2.06. The molecular formula is C14H10Br2N2O. The van der Waals surface area contributed by atoms with Crippen LogP contribution in [0, 0.1) is 11.3 Å². The minimum Gasteiger partial charge on any atom is -0.506 e. The summed E-state index contributed by atoms with van der Waals surface area (Å²) >= 11 is 6.58. The Bertz CT molecular complexity index is 627. The minimum absolute atomic E-state index is 0.182. The predicted octanol–water partition coefficient (Wildman–Crippen LogP) is 4.40. The zero-order valence-corrected chi connectivity index (χ0v) is 13.0. The summed E-state index contributed by atoms with van der Waals surface area (Å²) in [5.74, 6) is 0.182. The quantitative estimate of drug-likeness (QED) is 0.828. The highest BCUT2D eigenvalue weighted by atomic mass is 79.9. The molecule has 2 aromatic rings. The van der Waals surface area contributed by atoms with Crippen molar-refractivity contribution in [3.8, 4) is 11.8 Å². The number of aromatic hydroxyl groups is 1.